The average Bonchev–Trinajstić information content (AvgIpc) is 3.24. The smallest absolute Gasteiger partial charge is 0.191 e. The van der Waals surface area contributed by atoms with Crippen LogP contribution >= 0.6 is 35.7 Å². The van der Waals surface area contributed by atoms with Gasteiger partial charge in [0, 0.05) is 29.8 Å². The number of hydrogen-bond donors (Lipinski definition) is 2. The van der Waals surface area contributed by atoms with E-state index in [1.165, 1.54) is 25.0 Å². The minimum absolute atomic E-state index is 0. The molecule has 1 aliphatic rings. The van der Waals surface area contributed by atoms with E-state index in [1.807, 2.05) is 0 Å². The molecular formula is C19H35IN4OS. The molecule has 0 amide bonds. The second-order valence-corrected chi connectivity index (χ2v) is 8.24. The van der Waals surface area contributed by atoms with Crippen molar-refractivity contribution in [3.05, 3.63) is 17.5 Å². The van der Waals surface area contributed by atoms with E-state index in [-0.39, 0.29) is 24.0 Å². The van der Waals surface area contributed by atoms with E-state index < -0.39 is 0 Å². The van der Waals surface area contributed by atoms with Gasteiger partial charge in [0.05, 0.1) is 5.69 Å². The third kappa shape index (κ3) is 7.29. The van der Waals surface area contributed by atoms with E-state index in [9.17, 15) is 0 Å². The molecule has 5 nitrogen and oxygen atoms in total. The van der Waals surface area contributed by atoms with Gasteiger partial charge in [0.1, 0.15) is 6.54 Å². The molecule has 150 valence electrons. The van der Waals surface area contributed by atoms with Gasteiger partial charge in [-0.25, -0.2) is 4.99 Å². The van der Waals surface area contributed by atoms with Gasteiger partial charge in [-0.05, 0) is 44.8 Å². The standard InChI is InChI=1S/C19H34N4OS.HI/c1-5-14(6-2)18-12-16(24-23-18)13-21-19(20-7-3)22-15-9-10-17(11-15)25-8-4;/h12,14-15,17H,5-11,13H2,1-4H3,(H2,20,21,22);1H. The average molecular weight is 494 g/mol. The number of nitrogens with zero attached hydrogens (tertiary/aromatic N) is 2. The molecule has 1 aromatic heterocycles. The van der Waals surface area contributed by atoms with Gasteiger partial charge in [-0.3, -0.25) is 0 Å². The van der Waals surface area contributed by atoms with Crippen molar-refractivity contribution in [2.75, 3.05) is 12.3 Å². The van der Waals surface area contributed by atoms with Crippen molar-refractivity contribution in [2.24, 2.45) is 4.99 Å². The van der Waals surface area contributed by atoms with Crippen molar-refractivity contribution in [1.29, 1.82) is 0 Å². The van der Waals surface area contributed by atoms with E-state index in [0.29, 0.717) is 18.5 Å². The number of aromatic nitrogens is 1. The lowest BCUT2D eigenvalue weighted by Crippen LogP contribution is -2.42. The molecule has 1 aromatic rings. The van der Waals surface area contributed by atoms with E-state index in [2.05, 4.69) is 61.3 Å². The summed E-state index contributed by atoms with van der Waals surface area (Å²) in [7, 11) is 0. The zero-order valence-electron chi connectivity index (χ0n) is 16.6. The van der Waals surface area contributed by atoms with Crippen molar-refractivity contribution in [3.8, 4) is 0 Å². The second kappa shape index (κ2) is 12.9. The third-order valence-corrected chi connectivity index (χ3v) is 6.08. The maximum atomic E-state index is 5.48. The first-order valence-electron chi connectivity index (χ1n) is 9.81. The number of rotatable bonds is 9. The summed E-state index contributed by atoms with van der Waals surface area (Å²) in [6, 6.07) is 2.59. The van der Waals surface area contributed by atoms with Gasteiger partial charge in [0.15, 0.2) is 11.7 Å². The predicted molar refractivity (Wildman–Crippen MR) is 123 cm³/mol. The monoisotopic (exact) mass is 494 g/mol. The van der Waals surface area contributed by atoms with Crippen LogP contribution in [0.25, 0.3) is 0 Å². The Morgan fingerprint density at radius 1 is 1.31 bits per heavy atom. The van der Waals surface area contributed by atoms with Crippen molar-refractivity contribution < 1.29 is 4.52 Å². The number of aliphatic imine (C=N–C) groups is 1. The van der Waals surface area contributed by atoms with Crippen molar-refractivity contribution >= 4 is 41.7 Å². The molecule has 0 saturated heterocycles. The van der Waals surface area contributed by atoms with Crippen molar-refractivity contribution in [1.82, 2.24) is 15.8 Å². The maximum absolute atomic E-state index is 5.48. The minimum atomic E-state index is 0. The first-order valence-corrected chi connectivity index (χ1v) is 10.9. The van der Waals surface area contributed by atoms with Crippen molar-refractivity contribution in [3.63, 3.8) is 0 Å². The molecule has 0 bridgehead atoms. The fraction of sp³-hybridized carbons (Fsp3) is 0.789. The van der Waals surface area contributed by atoms with Crippen LogP contribution in [0.5, 0.6) is 0 Å². The van der Waals surface area contributed by atoms with Gasteiger partial charge in [-0.2, -0.15) is 11.8 Å². The van der Waals surface area contributed by atoms with Crippen molar-refractivity contribution in [2.45, 2.75) is 83.6 Å². The largest absolute Gasteiger partial charge is 0.359 e. The van der Waals surface area contributed by atoms with Crippen LogP contribution in [0.2, 0.25) is 0 Å². The summed E-state index contributed by atoms with van der Waals surface area (Å²) in [5, 5.41) is 12.0. The Morgan fingerprint density at radius 3 is 2.73 bits per heavy atom. The van der Waals surface area contributed by atoms with Gasteiger partial charge in [-0.15, -0.1) is 24.0 Å². The number of nitrogens with one attached hydrogen (secondary N) is 2. The predicted octanol–water partition coefficient (Wildman–Crippen LogP) is 4.93. The molecule has 2 unspecified atom stereocenters. The van der Waals surface area contributed by atoms with Crippen LogP contribution in [0.15, 0.2) is 15.6 Å². The van der Waals surface area contributed by atoms with Crippen LogP contribution in [0.3, 0.4) is 0 Å². The highest BCUT2D eigenvalue weighted by Crippen LogP contribution is 2.29. The third-order valence-electron chi connectivity index (χ3n) is 4.85. The van der Waals surface area contributed by atoms with Gasteiger partial charge < -0.3 is 15.2 Å². The molecule has 0 aliphatic heterocycles. The molecule has 2 N–H and O–H groups in total. The lowest BCUT2D eigenvalue weighted by Gasteiger charge is -2.17. The normalized spacial score (nSPS) is 20.3. The summed E-state index contributed by atoms with van der Waals surface area (Å²) in [6.45, 7) is 10.1. The number of thioether (sulfide) groups is 1. The molecule has 26 heavy (non-hydrogen) atoms. The molecule has 2 atom stereocenters. The zero-order valence-corrected chi connectivity index (χ0v) is 19.7. The highest BCUT2D eigenvalue weighted by atomic mass is 127. The van der Waals surface area contributed by atoms with Crippen LogP contribution in [0.4, 0.5) is 0 Å². The molecule has 0 spiro atoms. The molecule has 1 aliphatic carbocycles. The molecule has 1 fully saturated rings. The van der Waals surface area contributed by atoms with Crippen LogP contribution in [0.1, 0.15) is 77.2 Å². The molecule has 7 heteroatoms. The Balaban J connectivity index is 0.00000338. The van der Waals surface area contributed by atoms with E-state index in [0.717, 1.165) is 42.1 Å². The maximum Gasteiger partial charge on any atom is 0.191 e. The highest BCUT2D eigenvalue weighted by Gasteiger charge is 2.25. The van der Waals surface area contributed by atoms with Crippen LogP contribution in [-0.2, 0) is 6.54 Å². The summed E-state index contributed by atoms with van der Waals surface area (Å²) < 4.78 is 5.48. The highest BCUT2D eigenvalue weighted by molar-refractivity contribution is 14.0. The van der Waals surface area contributed by atoms with Gasteiger partial charge in [0.2, 0.25) is 0 Å². The fourth-order valence-corrected chi connectivity index (χ4v) is 4.57. The Bertz CT molecular complexity index is 533. The lowest BCUT2D eigenvalue weighted by atomic mass is 9.99. The fourth-order valence-electron chi connectivity index (χ4n) is 3.43. The number of hydrogen-bond acceptors (Lipinski definition) is 4. The molecule has 0 aromatic carbocycles. The van der Waals surface area contributed by atoms with E-state index in [4.69, 9.17) is 9.52 Å². The zero-order chi connectivity index (χ0) is 18.1. The van der Waals surface area contributed by atoms with Crippen LogP contribution < -0.4 is 10.6 Å². The summed E-state index contributed by atoms with van der Waals surface area (Å²) >= 11 is 2.08. The number of halogens is 1. The Morgan fingerprint density at radius 2 is 2.08 bits per heavy atom. The van der Waals surface area contributed by atoms with Crippen LogP contribution in [0, 0.1) is 0 Å². The van der Waals surface area contributed by atoms with E-state index in [1.54, 1.807) is 0 Å². The molecule has 0 radical (unpaired) electrons. The van der Waals surface area contributed by atoms with Gasteiger partial charge >= 0.3 is 0 Å². The Kier molecular flexibility index (Phi) is 11.7. The first kappa shape index (κ1) is 23.6. The molecule has 2 rings (SSSR count). The SMILES string of the molecule is CCNC(=NCc1cc(C(CC)CC)no1)NC1CCC(SCC)C1.I. The number of guanidine groups is 1. The first-order chi connectivity index (χ1) is 12.2. The van der Waals surface area contributed by atoms with Crippen LogP contribution in [-0.4, -0.2) is 34.7 Å². The quantitative estimate of drug-likeness (QED) is 0.290. The topological polar surface area (TPSA) is 62.5 Å². The van der Waals surface area contributed by atoms with Gasteiger partial charge in [0.25, 0.3) is 0 Å². The molecule has 1 heterocycles. The second-order valence-electron chi connectivity index (χ2n) is 6.66. The summed E-state index contributed by atoms with van der Waals surface area (Å²) in [6.07, 6.45) is 5.94. The molecular weight excluding hydrogens is 459 g/mol. The summed E-state index contributed by atoms with van der Waals surface area (Å²) in [5.74, 6) is 3.41. The Hall–Kier alpha value is -0.440. The van der Waals surface area contributed by atoms with E-state index >= 15 is 0 Å². The Labute approximate surface area is 179 Å². The summed E-state index contributed by atoms with van der Waals surface area (Å²) in [5.41, 5.74) is 1.06. The summed E-state index contributed by atoms with van der Waals surface area (Å²) in [4.78, 5) is 4.70. The molecule has 1 saturated carbocycles. The minimum Gasteiger partial charge on any atom is -0.359 e. The van der Waals surface area contributed by atoms with Gasteiger partial charge in [-0.1, -0.05) is 25.9 Å². The lowest BCUT2D eigenvalue weighted by molar-refractivity contribution is 0.372.